The van der Waals surface area contributed by atoms with Gasteiger partial charge < -0.3 is 19.7 Å². The molecule has 9 heteroatoms. The first-order valence-corrected chi connectivity index (χ1v) is 9.52. The van der Waals surface area contributed by atoms with Gasteiger partial charge in [-0.25, -0.2) is 0 Å². The summed E-state index contributed by atoms with van der Waals surface area (Å²) in [5.41, 5.74) is 0. The molecule has 2 atom stereocenters. The lowest BCUT2D eigenvalue weighted by atomic mass is 10.2. The molecule has 1 saturated heterocycles. The largest absolute Gasteiger partial charge is 0.480 e. The third-order valence-electron chi connectivity index (χ3n) is 3.86. The molecule has 2 unspecified atom stereocenters. The number of carbonyl (C=O) groups excluding carboxylic acids is 2. The molecule has 0 aromatic carbocycles. The summed E-state index contributed by atoms with van der Waals surface area (Å²) in [4.78, 5) is 25.8. The highest BCUT2D eigenvalue weighted by Gasteiger charge is 2.32. The predicted octanol–water partition coefficient (Wildman–Crippen LogP) is 0.723. The first-order chi connectivity index (χ1) is 12.0. The van der Waals surface area contributed by atoms with Crippen LogP contribution in [0.3, 0.4) is 0 Å². The zero-order valence-electron chi connectivity index (χ0n) is 14.7. The predicted molar refractivity (Wildman–Crippen MR) is 94.8 cm³/mol. The first-order valence-electron chi connectivity index (χ1n) is 8.12. The van der Waals surface area contributed by atoms with E-state index in [1.807, 2.05) is 6.26 Å². The first kappa shape index (κ1) is 19.3. The number of hydrogen-bond donors (Lipinski definition) is 1. The van der Waals surface area contributed by atoms with Crippen molar-refractivity contribution < 1.29 is 19.1 Å². The third-order valence-corrected chi connectivity index (χ3v) is 4.50. The number of hydrogen-bond acceptors (Lipinski definition) is 7. The van der Waals surface area contributed by atoms with Crippen LogP contribution in [-0.2, 0) is 9.59 Å². The van der Waals surface area contributed by atoms with Crippen molar-refractivity contribution >= 4 is 23.6 Å². The molecule has 0 saturated carbocycles. The van der Waals surface area contributed by atoms with Crippen molar-refractivity contribution in [3.63, 3.8) is 0 Å². The molecule has 8 nitrogen and oxygen atoms in total. The van der Waals surface area contributed by atoms with Crippen molar-refractivity contribution in [1.82, 2.24) is 20.4 Å². The van der Waals surface area contributed by atoms with Crippen molar-refractivity contribution in [3.05, 3.63) is 12.1 Å². The number of nitrogens with one attached hydrogen (secondary N) is 1. The van der Waals surface area contributed by atoms with Gasteiger partial charge in [-0.05, 0) is 18.4 Å². The number of amides is 2. The Balaban J connectivity index is 1.90. The molecule has 1 N–H and O–H groups in total. The van der Waals surface area contributed by atoms with Gasteiger partial charge in [0.2, 0.25) is 23.6 Å². The fourth-order valence-corrected chi connectivity index (χ4v) is 3.11. The van der Waals surface area contributed by atoms with Gasteiger partial charge in [0.25, 0.3) is 0 Å². The van der Waals surface area contributed by atoms with Crippen molar-refractivity contribution in [2.45, 2.75) is 31.9 Å². The zero-order valence-corrected chi connectivity index (χ0v) is 15.5. The van der Waals surface area contributed by atoms with E-state index in [1.165, 1.54) is 14.0 Å². The summed E-state index contributed by atoms with van der Waals surface area (Å²) in [6.45, 7) is 2.50. The van der Waals surface area contributed by atoms with E-state index < -0.39 is 6.04 Å². The van der Waals surface area contributed by atoms with Gasteiger partial charge in [-0.15, -0.1) is 10.2 Å². The summed E-state index contributed by atoms with van der Waals surface area (Å²) in [5, 5.41) is 10.5. The Morgan fingerprint density at radius 1 is 1.40 bits per heavy atom. The fourth-order valence-electron chi connectivity index (χ4n) is 2.63. The fraction of sp³-hybridized carbons (Fsp3) is 0.625. The van der Waals surface area contributed by atoms with Crippen LogP contribution in [0.1, 0.15) is 19.8 Å². The van der Waals surface area contributed by atoms with Crippen LogP contribution in [0.15, 0.2) is 12.1 Å². The highest BCUT2D eigenvalue weighted by molar-refractivity contribution is 7.98. The van der Waals surface area contributed by atoms with E-state index in [-0.39, 0.29) is 17.9 Å². The van der Waals surface area contributed by atoms with Crippen LogP contribution >= 0.6 is 11.8 Å². The maximum absolute atomic E-state index is 12.7. The number of methoxy groups -OCH3 is 1. The summed E-state index contributed by atoms with van der Waals surface area (Å²) in [6, 6.07) is 2.88. The van der Waals surface area contributed by atoms with Crippen LogP contribution in [0.5, 0.6) is 11.8 Å². The van der Waals surface area contributed by atoms with Gasteiger partial charge in [-0.3, -0.25) is 9.59 Å². The van der Waals surface area contributed by atoms with E-state index in [0.717, 1.165) is 12.2 Å². The van der Waals surface area contributed by atoms with E-state index in [2.05, 4.69) is 15.5 Å². The lowest BCUT2D eigenvalue weighted by molar-refractivity contribution is -0.135. The number of carbonyl (C=O) groups is 2. The van der Waals surface area contributed by atoms with Crippen LogP contribution in [-0.4, -0.2) is 71.3 Å². The van der Waals surface area contributed by atoms with Crippen molar-refractivity contribution in [1.29, 1.82) is 0 Å². The minimum absolute atomic E-state index is 0.0591. The number of nitrogens with zero attached hydrogens (tertiary/aromatic N) is 3. The second-order valence-corrected chi connectivity index (χ2v) is 6.75. The summed E-state index contributed by atoms with van der Waals surface area (Å²) in [7, 11) is 1.52. The van der Waals surface area contributed by atoms with Crippen LogP contribution in [0.25, 0.3) is 0 Å². The highest BCUT2D eigenvalue weighted by atomic mass is 32.2. The van der Waals surface area contributed by atoms with E-state index in [9.17, 15) is 9.59 Å². The Morgan fingerprint density at radius 3 is 2.72 bits per heavy atom. The average Bonchev–Trinajstić information content (AvgIpc) is 3.06. The van der Waals surface area contributed by atoms with Crippen LogP contribution in [0, 0.1) is 0 Å². The highest BCUT2D eigenvalue weighted by Crippen LogP contribution is 2.18. The van der Waals surface area contributed by atoms with Gasteiger partial charge in [0.15, 0.2) is 0 Å². The van der Waals surface area contributed by atoms with Crippen molar-refractivity contribution in [2.75, 3.05) is 32.2 Å². The lowest BCUT2D eigenvalue weighted by Crippen LogP contribution is -2.48. The van der Waals surface area contributed by atoms with Gasteiger partial charge in [0, 0.05) is 32.0 Å². The van der Waals surface area contributed by atoms with Crippen LogP contribution in [0.2, 0.25) is 0 Å². The molecule has 2 heterocycles. The minimum atomic E-state index is -0.482. The molecule has 0 bridgehead atoms. The Labute approximate surface area is 151 Å². The number of likely N-dealkylation sites (tertiary alicyclic amines) is 1. The van der Waals surface area contributed by atoms with E-state index in [1.54, 1.807) is 28.8 Å². The molecule has 2 rings (SSSR count). The van der Waals surface area contributed by atoms with Crippen LogP contribution in [0.4, 0.5) is 0 Å². The average molecular weight is 368 g/mol. The van der Waals surface area contributed by atoms with Gasteiger partial charge in [0.1, 0.15) is 12.1 Å². The number of aromatic nitrogens is 2. The SMILES string of the molecule is COc1ccc(OC2CCN(C(=O)C(CCSC)NC(C)=O)C2)nn1. The molecule has 1 aromatic heterocycles. The second kappa shape index (κ2) is 9.45. The smallest absolute Gasteiger partial charge is 0.245 e. The second-order valence-electron chi connectivity index (χ2n) is 5.76. The summed E-state index contributed by atoms with van der Waals surface area (Å²) >= 11 is 1.65. The summed E-state index contributed by atoms with van der Waals surface area (Å²) in [5.74, 6) is 1.38. The molecule has 1 fully saturated rings. The van der Waals surface area contributed by atoms with E-state index in [4.69, 9.17) is 9.47 Å². The molecular weight excluding hydrogens is 344 g/mol. The molecule has 1 aliphatic rings. The molecule has 25 heavy (non-hydrogen) atoms. The van der Waals surface area contributed by atoms with Crippen molar-refractivity contribution in [3.8, 4) is 11.8 Å². The minimum Gasteiger partial charge on any atom is -0.480 e. The topological polar surface area (TPSA) is 93.7 Å². The molecule has 2 amide bonds. The Hall–Kier alpha value is -2.03. The standard InChI is InChI=1S/C16H24N4O4S/c1-11(21)17-13(7-9-25-3)16(22)20-8-6-12(10-20)24-15-5-4-14(23-2)18-19-15/h4-5,12-13H,6-10H2,1-3H3,(H,17,21). The third kappa shape index (κ3) is 5.77. The molecule has 1 aromatic rings. The summed E-state index contributed by atoms with van der Waals surface area (Å²) in [6.07, 6.45) is 3.18. The molecule has 0 aliphatic carbocycles. The quantitative estimate of drug-likeness (QED) is 0.723. The number of rotatable bonds is 8. The van der Waals surface area contributed by atoms with Gasteiger partial charge in [-0.1, -0.05) is 0 Å². The molecule has 0 spiro atoms. The van der Waals surface area contributed by atoms with Crippen molar-refractivity contribution in [2.24, 2.45) is 0 Å². The number of ether oxygens (including phenoxy) is 2. The lowest BCUT2D eigenvalue weighted by Gasteiger charge is -2.23. The zero-order chi connectivity index (χ0) is 18.2. The molecule has 1 aliphatic heterocycles. The van der Waals surface area contributed by atoms with Gasteiger partial charge >= 0.3 is 0 Å². The maximum atomic E-state index is 12.7. The molecule has 0 radical (unpaired) electrons. The normalized spacial score (nSPS) is 17.9. The Bertz CT molecular complexity index is 584. The Morgan fingerprint density at radius 2 is 2.12 bits per heavy atom. The number of thioether (sulfide) groups is 1. The maximum Gasteiger partial charge on any atom is 0.245 e. The molecule has 138 valence electrons. The Kier molecular flexibility index (Phi) is 7.30. The monoisotopic (exact) mass is 368 g/mol. The molecular formula is C16H24N4O4S. The van der Waals surface area contributed by atoms with Crippen LogP contribution < -0.4 is 14.8 Å². The van der Waals surface area contributed by atoms with Gasteiger partial charge in [0.05, 0.1) is 13.7 Å². The van der Waals surface area contributed by atoms with E-state index in [0.29, 0.717) is 31.3 Å². The van der Waals surface area contributed by atoms with Gasteiger partial charge in [-0.2, -0.15) is 11.8 Å². The van der Waals surface area contributed by atoms with E-state index >= 15 is 0 Å². The summed E-state index contributed by atoms with van der Waals surface area (Å²) < 4.78 is 10.7.